The Kier molecular flexibility index (Phi) is 7.30. The van der Waals surface area contributed by atoms with Gasteiger partial charge in [0.2, 0.25) is 0 Å². The Morgan fingerprint density at radius 2 is 1.75 bits per heavy atom. The van der Waals surface area contributed by atoms with E-state index in [4.69, 9.17) is 4.74 Å². The van der Waals surface area contributed by atoms with Crippen LogP contribution in [0.25, 0.3) is 10.9 Å². The number of halogens is 1. The van der Waals surface area contributed by atoms with E-state index in [1.165, 1.54) is 23.1 Å². The lowest BCUT2D eigenvalue weighted by atomic mass is 10.1. The van der Waals surface area contributed by atoms with E-state index >= 15 is 0 Å². The van der Waals surface area contributed by atoms with E-state index in [1.54, 1.807) is 17.0 Å². The summed E-state index contributed by atoms with van der Waals surface area (Å²) in [5.74, 6) is -0.280. The molecule has 2 N–H and O–H groups in total. The number of carbonyl (C=O) groups excluding carboxylic acids is 1. The lowest BCUT2D eigenvalue weighted by molar-refractivity contribution is 0.0783. The zero-order valence-electron chi connectivity index (χ0n) is 20.0. The third-order valence-electron chi connectivity index (χ3n) is 6.83. The summed E-state index contributed by atoms with van der Waals surface area (Å²) < 4.78 is 19.0. The molecule has 3 aromatic carbocycles. The molecule has 1 aliphatic heterocycles. The van der Waals surface area contributed by atoms with Crippen LogP contribution in [-0.2, 0) is 24.3 Å². The molecule has 5 rings (SSSR count). The number of β-amino-alcohol motifs (C(OH)–C–C–N with tert-alkyl or cyclic N) is 1. The summed E-state index contributed by atoms with van der Waals surface area (Å²) >= 11 is 0. The number of aromatic amines is 1. The summed E-state index contributed by atoms with van der Waals surface area (Å²) in [7, 11) is 0. The Bertz CT molecular complexity index is 1290. The molecule has 4 aromatic rings. The lowest BCUT2D eigenvalue weighted by Crippen LogP contribution is -2.44. The van der Waals surface area contributed by atoms with Crippen molar-refractivity contribution in [3.8, 4) is 0 Å². The third-order valence-corrected chi connectivity index (χ3v) is 6.83. The maximum absolute atomic E-state index is 13.5. The largest absolute Gasteiger partial charge is 0.445 e. The lowest BCUT2D eigenvalue weighted by Gasteiger charge is -2.30. The second kappa shape index (κ2) is 10.9. The maximum atomic E-state index is 13.5. The molecular weight excluding hydrogens is 457 g/mol. The molecule has 0 saturated carbocycles. The van der Waals surface area contributed by atoms with Crippen LogP contribution in [0.4, 0.5) is 9.18 Å². The molecule has 1 saturated heterocycles. The van der Waals surface area contributed by atoms with Gasteiger partial charge in [-0.2, -0.15) is 0 Å². The Labute approximate surface area is 209 Å². The SMILES string of the molecule is O=C(OCc1ccccc1)N1C[C@H](O)[C@@H](N(CCc2c[nH]c3ccccc23)Cc2ccc(F)cc2)C1. The van der Waals surface area contributed by atoms with E-state index in [2.05, 4.69) is 22.0 Å². The number of ether oxygens (including phenoxy) is 1. The number of nitrogens with zero attached hydrogens (tertiary/aromatic N) is 2. The highest BCUT2D eigenvalue weighted by Crippen LogP contribution is 2.23. The van der Waals surface area contributed by atoms with Gasteiger partial charge in [0.25, 0.3) is 0 Å². The highest BCUT2D eigenvalue weighted by Gasteiger charge is 2.38. The molecule has 2 heterocycles. The number of aliphatic hydroxyl groups is 1. The number of benzene rings is 3. The van der Waals surface area contributed by atoms with E-state index in [-0.39, 0.29) is 25.0 Å². The van der Waals surface area contributed by atoms with Crippen LogP contribution in [0, 0.1) is 5.82 Å². The summed E-state index contributed by atoms with van der Waals surface area (Å²) in [6.07, 6.45) is 1.66. The van der Waals surface area contributed by atoms with Crippen molar-refractivity contribution in [2.24, 2.45) is 0 Å². The molecule has 1 aliphatic rings. The normalized spacial score (nSPS) is 17.7. The van der Waals surface area contributed by atoms with Crippen molar-refractivity contribution in [2.75, 3.05) is 19.6 Å². The molecule has 1 fully saturated rings. The van der Waals surface area contributed by atoms with Gasteiger partial charge in [0.15, 0.2) is 0 Å². The second-order valence-electron chi connectivity index (χ2n) is 9.29. The number of hydrogen-bond acceptors (Lipinski definition) is 4. The minimum atomic E-state index is -0.710. The summed E-state index contributed by atoms with van der Waals surface area (Å²) in [5.41, 5.74) is 4.15. The number of rotatable bonds is 8. The van der Waals surface area contributed by atoms with Crippen LogP contribution < -0.4 is 0 Å². The zero-order valence-corrected chi connectivity index (χ0v) is 20.0. The minimum absolute atomic E-state index is 0.191. The number of aromatic nitrogens is 1. The number of carbonyl (C=O) groups is 1. The molecule has 36 heavy (non-hydrogen) atoms. The number of H-pyrrole nitrogens is 1. The van der Waals surface area contributed by atoms with Crippen LogP contribution in [0.1, 0.15) is 16.7 Å². The standard InChI is InChI=1S/C29H30FN3O3/c30-24-12-10-21(11-13-24)17-32(15-14-23-16-31-26-9-5-4-8-25(23)26)27-18-33(19-28(27)34)29(35)36-20-22-6-2-1-3-7-22/h1-13,16,27-28,31,34H,14-15,17-20H2/t27-,28-/m0/s1. The number of likely N-dealkylation sites (tertiary alicyclic amines) is 1. The average molecular weight is 488 g/mol. The zero-order chi connectivity index (χ0) is 24.9. The van der Waals surface area contributed by atoms with E-state index in [1.807, 2.05) is 48.7 Å². The number of fused-ring (bicyclic) bond motifs is 1. The quantitative estimate of drug-likeness (QED) is 0.377. The maximum Gasteiger partial charge on any atom is 0.410 e. The fourth-order valence-electron chi connectivity index (χ4n) is 4.88. The molecular formula is C29H30FN3O3. The Balaban J connectivity index is 1.28. The molecule has 0 radical (unpaired) electrons. The van der Waals surface area contributed by atoms with Gasteiger partial charge >= 0.3 is 6.09 Å². The van der Waals surface area contributed by atoms with Gasteiger partial charge in [-0.15, -0.1) is 0 Å². The second-order valence-corrected chi connectivity index (χ2v) is 9.29. The summed E-state index contributed by atoms with van der Waals surface area (Å²) in [6.45, 7) is 1.98. The average Bonchev–Trinajstić information content (AvgIpc) is 3.50. The van der Waals surface area contributed by atoms with Gasteiger partial charge in [0, 0.05) is 36.7 Å². The van der Waals surface area contributed by atoms with Crippen molar-refractivity contribution < 1.29 is 19.0 Å². The van der Waals surface area contributed by atoms with E-state index in [0.29, 0.717) is 19.6 Å². The Hall–Kier alpha value is -3.68. The molecule has 7 heteroatoms. The number of nitrogens with one attached hydrogen (secondary N) is 1. The summed E-state index contributed by atoms with van der Waals surface area (Å²) in [6, 6.07) is 23.9. The van der Waals surface area contributed by atoms with Gasteiger partial charge < -0.3 is 19.7 Å². The molecule has 0 aliphatic carbocycles. The molecule has 0 spiro atoms. The number of para-hydroxylation sites is 1. The van der Waals surface area contributed by atoms with Gasteiger partial charge in [0.05, 0.1) is 18.7 Å². The first-order valence-electron chi connectivity index (χ1n) is 12.2. The fourth-order valence-corrected chi connectivity index (χ4v) is 4.88. The van der Waals surface area contributed by atoms with E-state index in [0.717, 1.165) is 23.1 Å². The fraction of sp³-hybridized carbons (Fsp3) is 0.276. The smallest absolute Gasteiger partial charge is 0.410 e. The molecule has 0 bridgehead atoms. The summed E-state index contributed by atoms with van der Waals surface area (Å²) in [5, 5.41) is 12.1. The van der Waals surface area contributed by atoms with Gasteiger partial charge in [-0.05, 0) is 41.3 Å². The predicted molar refractivity (Wildman–Crippen MR) is 137 cm³/mol. The first-order chi connectivity index (χ1) is 17.6. The number of aliphatic hydroxyl groups excluding tert-OH is 1. The first kappa shape index (κ1) is 24.0. The molecule has 186 valence electrons. The topological polar surface area (TPSA) is 68.8 Å². The minimum Gasteiger partial charge on any atom is -0.445 e. The van der Waals surface area contributed by atoms with Crippen molar-refractivity contribution >= 4 is 17.0 Å². The highest BCUT2D eigenvalue weighted by molar-refractivity contribution is 5.83. The van der Waals surface area contributed by atoms with Crippen molar-refractivity contribution in [1.29, 1.82) is 0 Å². The van der Waals surface area contributed by atoms with Crippen molar-refractivity contribution in [3.63, 3.8) is 0 Å². The van der Waals surface area contributed by atoms with Crippen molar-refractivity contribution in [1.82, 2.24) is 14.8 Å². The van der Waals surface area contributed by atoms with Crippen LogP contribution >= 0.6 is 0 Å². The number of amides is 1. The van der Waals surface area contributed by atoms with Gasteiger partial charge in [0.1, 0.15) is 12.4 Å². The van der Waals surface area contributed by atoms with E-state index < -0.39 is 12.2 Å². The monoisotopic (exact) mass is 487 g/mol. The van der Waals surface area contributed by atoms with Crippen LogP contribution in [0.15, 0.2) is 85.1 Å². The summed E-state index contributed by atoms with van der Waals surface area (Å²) in [4.78, 5) is 19.8. The Morgan fingerprint density at radius 1 is 1.00 bits per heavy atom. The number of hydrogen-bond donors (Lipinski definition) is 2. The highest BCUT2D eigenvalue weighted by atomic mass is 19.1. The van der Waals surface area contributed by atoms with Crippen LogP contribution in [-0.4, -0.2) is 57.8 Å². The molecule has 6 nitrogen and oxygen atoms in total. The van der Waals surface area contributed by atoms with Gasteiger partial charge in [-0.1, -0.05) is 60.7 Å². The van der Waals surface area contributed by atoms with Gasteiger partial charge in [-0.25, -0.2) is 9.18 Å². The molecule has 1 aromatic heterocycles. The van der Waals surface area contributed by atoms with Crippen LogP contribution in [0.2, 0.25) is 0 Å². The van der Waals surface area contributed by atoms with Crippen LogP contribution in [0.3, 0.4) is 0 Å². The Morgan fingerprint density at radius 3 is 2.56 bits per heavy atom. The van der Waals surface area contributed by atoms with Crippen molar-refractivity contribution in [3.05, 3.63) is 108 Å². The van der Waals surface area contributed by atoms with E-state index in [9.17, 15) is 14.3 Å². The first-order valence-corrected chi connectivity index (χ1v) is 12.2. The predicted octanol–water partition coefficient (Wildman–Crippen LogP) is 4.73. The molecule has 1 amide bonds. The van der Waals surface area contributed by atoms with Gasteiger partial charge in [-0.3, -0.25) is 4.90 Å². The van der Waals surface area contributed by atoms with Crippen molar-refractivity contribution in [2.45, 2.75) is 31.7 Å². The third kappa shape index (κ3) is 5.58. The molecule has 0 unspecified atom stereocenters. The molecule has 2 atom stereocenters. The van der Waals surface area contributed by atoms with Crippen LogP contribution in [0.5, 0.6) is 0 Å².